The van der Waals surface area contributed by atoms with Crippen molar-refractivity contribution in [2.75, 3.05) is 13.1 Å². The maximum Gasteiger partial charge on any atom is 0.170 e. The third-order valence-corrected chi connectivity index (χ3v) is 4.32. The van der Waals surface area contributed by atoms with Crippen molar-refractivity contribution in [3.05, 3.63) is 35.4 Å². The number of hydrogen-bond acceptors (Lipinski definition) is 2. The van der Waals surface area contributed by atoms with Gasteiger partial charge in [-0.3, -0.25) is 4.79 Å². The van der Waals surface area contributed by atoms with Gasteiger partial charge in [-0.2, -0.15) is 0 Å². The first-order chi connectivity index (χ1) is 8.32. The number of carbonyl (C=O) groups excluding carboxylic acids is 1. The monoisotopic (exact) mass is 229 g/mol. The summed E-state index contributed by atoms with van der Waals surface area (Å²) in [6, 6.07) is 8.16. The van der Waals surface area contributed by atoms with Crippen LogP contribution in [0.2, 0.25) is 0 Å². The van der Waals surface area contributed by atoms with Gasteiger partial charge in [0.05, 0.1) is 0 Å². The van der Waals surface area contributed by atoms with Gasteiger partial charge in [0.1, 0.15) is 0 Å². The van der Waals surface area contributed by atoms with Gasteiger partial charge in [0.15, 0.2) is 5.78 Å². The lowest BCUT2D eigenvalue weighted by atomic mass is 9.72. The average Bonchev–Trinajstić information content (AvgIpc) is 2.51. The lowest BCUT2D eigenvalue weighted by Crippen LogP contribution is -2.45. The summed E-state index contributed by atoms with van der Waals surface area (Å²) in [5.74, 6) is 0.387. The molecule has 2 heteroatoms. The molecule has 0 aromatic heterocycles. The molecule has 1 N–H and O–H groups in total. The molecule has 1 aromatic rings. The van der Waals surface area contributed by atoms with Gasteiger partial charge in [0, 0.05) is 17.5 Å². The topological polar surface area (TPSA) is 29.1 Å². The number of benzene rings is 1. The van der Waals surface area contributed by atoms with E-state index in [0.29, 0.717) is 5.78 Å². The second-order valence-electron chi connectivity index (χ2n) is 5.40. The zero-order valence-electron chi connectivity index (χ0n) is 10.2. The predicted molar refractivity (Wildman–Crippen MR) is 68.2 cm³/mol. The van der Waals surface area contributed by atoms with E-state index in [1.807, 2.05) is 18.2 Å². The summed E-state index contributed by atoms with van der Waals surface area (Å²) in [4.78, 5) is 12.8. The third-order valence-electron chi connectivity index (χ3n) is 4.32. The first-order valence-corrected chi connectivity index (χ1v) is 6.65. The minimum atomic E-state index is -0.106. The Labute approximate surface area is 102 Å². The minimum Gasteiger partial charge on any atom is -0.316 e. The lowest BCUT2D eigenvalue weighted by Gasteiger charge is -2.35. The van der Waals surface area contributed by atoms with Gasteiger partial charge >= 0.3 is 0 Å². The molecular formula is C15H19NO. The van der Waals surface area contributed by atoms with Crippen molar-refractivity contribution in [2.24, 2.45) is 5.41 Å². The van der Waals surface area contributed by atoms with Crippen LogP contribution in [0.4, 0.5) is 0 Å². The maximum atomic E-state index is 12.8. The summed E-state index contributed by atoms with van der Waals surface area (Å²) in [6.07, 6.45) is 5.45. The van der Waals surface area contributed by atoms with E-state index in [1.165, 1.54) is 5.56 Å². The molecule has 2 aliphatic rings. The van der Waals surface area contributed by atoms with E-state index >= 15 is 0 Å². The van der Waals surface area contributed by atoms with E-state index in [2.05, 4.69) is 11.4 Å². The van der Waals surface area contributed by atoms with Gasteiger partial charge in [0.25, 0.3) is 0 Å². The van der Waals surface area contributed by atoms with Crippen molar-refractivity contribution in [1.29, 1.82) is 0 Å². The van der Waals surface area contributed by atoms with Gasteiger partial charge in [-0.25, -0.2) is 0 Å². The van der Waals surface area contributed by atoms with Crippen LogP contribution in [0.25, 0.3) is 0 Å². The van der Waals surface area contributed by atoms with Crippen LogP contribution in [-0.2, 0) is 6.42 Å². The van der Waals surface area contributed by atoms with Crippen LogP contribution >= 0.6 is 0 Å². The van der Waals surface area contributed by atoms with E-state index < -0.39 is 0 Å². The summed E-state index contributed by atoms with van der Waals surface area (Å²) in [5.41, 5.74) is 2.12. The Morgan fingerprint density at radius 3 is 2.76 bits per heavy atom. The van der Waals surface area contributed by atoms with Crippen molar-refractivity contribution >= 4 is 5.78 Å². The molecule has 0 radical (unpaired) electrons. The molecule has 1 aliphatic carbocycles. The number of nitrogens with one attached hydrogen (secondary N) is 1. The normalized spacial score (nSPS) is 28.8. The molecule has 3 rings (SSSR count). The molecule has 90 valence electrons. The van der Waals surface area contributed by atoms with E-state index in [0.717, 1.165) is 50.8 Å². The first kappa shape index (κ1) is 11.0. The number of carbonyl (C=O) groups is 1. The molecule has 1 aromatic carbocycles. The van der Waals surface area contributed by atoms with Gasteiger partial charge in [-0.15, -0.1) is 0 Å². The average molecular weight is 229 g/mol. The number of ketones is 1. The van der Waals surface area contributed by atoms with Crippen molar-refractivity contribution in [2.45, 2.75) is 32.1 Å². The van der Waals surface area contributed by atoms with Crippen LogP contribution in [-0.4, -0.2) is 18.9 Å². The zero-order valence-corrected chi connectivity index (χ0v) is 10.2. The molecule has 17 heavy (non-hydrogen) atoms. The van der Waals surface area contributed by atoms with Crippen LogP contribution < -0.4 is 5.32 Å². The SMILES string of the molecule is O=C1c2ccccc2CCC[C@@]12CCCNC2. The van der Waals surface area contributed by atoms with E-state index in [-0.39, 0.29) is 5.41 Å². The number of fused-ring (bicyclic) bond motifs is 1. The molecule has 2 nitrogen and oxygen atoms in total. The Morgan fingerprint density at radius 1 is 1.12 bits per heavy atom. The van der Waals surface area contributed by atoms with Crippen LogP contribution in [0.3, 0.4) is 0 Å². The van der Waals surface area contributed by atoms with Crippen LogP contribution in [0.5, 0.6) is 0 Å². The fourth-order valence-corrected chi connectivity index (χ4v) is 3.35. The van der Waals surface area contributed by atoms with E-state index in [9.17, 15) is 4.79 Å². The van der Waals surface area contributed by atoms with Crippen LogP contribution in [0.1, 0.15) is 41.6 Å². The Kier molecular flexibility index (Phi) is 2.75. The summed E-state index contributed by atoms with van der Waals surface area (Å²) in [5, 5.41) is 3.41. The molecule has 0 unspecified atom stereocenters. The van der Waals surface area contributed by atoms with Crippen molar-refractivity contribution in [1.82, 2.24) is 5.32 Å². The number of aryl methyl sites for hydroxylation is 1. The van der Waals surface area contributed by atoms with Crippen LogP contribution in [0.15, 0.2) is 24.3 Å². The molecule has 1 heterocycles. The molecule has 1 aliphatic heterocycles. The number of piperidine rings is 1. The van der Waals surface area contributed by atoms with Gasteiger partial charge < -0.3 is 5.32 Å². The van der Waals surface area contributed by atoms with Crippen molar-refractivity contribution in [3.63, 3.8) is 0 Å². The highest BCUT2D eigenvalue weighted by atomic mass is 16.1. The summed E-state index contributed by atoms with van der Waals surface area (Å²) >= 11 is 0. The van der Waals surface area contributed by atoms with Gasteiger partial charge in [0.2, 0.25) is 0 Å². The summed E-state index contributed by atoms with van der Waals surface area (Å²) < 4.78 is 0. The molecule has 1 fully saturated rings. The van der Waals surface area contributed by atoms with Gasteiger partial charge in [-0.1, -0.05) is 24.3 Å². The molecule has 1 atom stereocenters. The predicted octanol–water partition coefficient (Wildman–Crippen LogP) is 2.58. The standard InChI is InChI=1S/C15H19NO/c17-14-13-7-2-1-5-12(13)6-3-8-15(14)9-4-10-16-11-15/h1-2,5,7,16H,3-4,6,8-11H2/t15-/m0/s1. The third kappa shape index (κ3) is 1.81. The Balaban J connectivity index is 2.02. The van der Waals surface area contributed by atoms with Crippen molar-refractivity contribution < 1.29 is 4.79 Å². The van der Waals surface area contributed by atoms with E-state index in [4.69, 9.17) is 0 Å². The second-order valence-corrected chi connectivity index (χ2v) is 5.40. The van der Waals surface area contributed by atoms with E-state index in [1.54, 1.807) is 0 Å². The molecule has 0 bridgehead atoms. The lowest BCUT2D eigenvalue weighted by molar-refractivity contribution is 0.0724. The highest BCUT2D eigenvalue weighted by molar-refractivity contribution is 6.02. The first-order valence-electron chi connectivity index (χ1n) is 6.65. The highest BCUT2D eigenvalue weighted by Crippen LogP contribution is 2.39. The molecule has 1 spiro atoms. The number of Topliss-reactive ketones (excluding diaryl/α,β-unsaturated/α-hetero) is 1. The zero-order chi connectivity index (χ0) is 11.7. The summed E-state index contributed by atoms with van der Waals surface area (Å²) in [6.45, 7) is 1.94. The number of rotatable bonds is 0. The van der Waals surface area contributed by atoms with Crippen LogP contribution in [0, 0.1) is 5.41 Å². The Bertz CT molecular complexity index is 432. The highest BCUT2D eigenvalue weighted by Gasteiger charge is 2.41. The van der Waals surface area contributed by atoms with Crippen molar-refractivity contribution in [3.8, 4) is 0 Å². The molecule has 0 amide bonds. The minimum absolute atomic E-state index is 0.106. The number of hydrogen-bond donors (Lipinski definition) is 1. The molecular weight excluding hydrogens is 210 g/mol. The quantitative estimate of drug-likeness (QED) is 0.741. The summed E-state index contributed by atoms with van der Waals surface area (Å²) in [7, 11) is 0. The second kappa shape index (κ2) is 4.26. The molecule has 1 saturated heterocycles. The Hall–Kier alpha value is -1.15. The fourth-order valence-electron chi connectivity index (χ4n) is 3.35. The maximum absolute atomic E-state index is 12.8. The molecule has 0 saturated carbocycles. The fraction of sp³-hybridized carbons (Fsp3) is 0.533. The Morgan fingerprint density at radius 2 is 1.94 bits per heavy atom. The smallest absolute Gasteiger partial charge is 0.170 e. The van der Waals surface area contributed by atoms with Gasteiger partial charge in [-0.05, 0) is 44.2 Å². The largest absolute Gasteiger partial charge is 0.316 e.